The maximum Gasteiger partial charge on any atom is 0.158 e. The summed E-state index contributed by atoms with van der Waals surface area (Å²) in [5.74, 6) is 2.87. The number of hydrogen-bond donors (Lipinski definition) is 0. The van der Waals surface area contributed by atoms with Gasteiger partial charge in [-0.15, -0.1) is 5.10 Å². The van der Waals surface area contributed by atoms with Crippen LogP contribution in [0, 0.1) is 6.92 Å². The summed E-state index contributed by atoms with van der Waals surface area (Å²) in [5.41, 5.74) is 2.19. The fraction of sp³-hybridized carbons (Fsp3) is 0.583. The number of hydrogen-bond acceptors (Lipinski definition) is 3. The van der Waals surface area contributed by atoms with Crippen LogP contribution in [0.3, 0.4) is 0 Å². The van der Waals surface area contributed by atoms with E-state index in [1.54, 1.807) is 0 Å². The van der Waals surface area contributed by atoms with Crippen LogP contribution >= 0.6 is 15.9 Å². The summed E-state index contributed by atoms with van der Waals surface area (Å²) < 4.78 is 3.80. The lowest BCUT2D eigenvalue weighted by Gasteiger charge is -2.06. The Morgan fingerprint density at radius 1 is 1.17 bits per heavy atom. The first-order chi connectivity index (χ1) is 8.62. The van der Waals surface area contributed by atoms with Gasteiger partial charge >= 0.3 is 0 Å². The van der Waals surface area contributed by atoms with Gasteiger partial charge < -0.3 is 0 Å². The highest BCUT2D eigenvalue weighted by Crippen LogP contribution is 2.21. The summed E-state index contributed by atoms with van der Waals surface area (Å²) >= 11 is 3.53. The summed E-state index contributed by atoms with van der Waals surface area (Å²) in [6.45, 7) is 6.18. The molecule has 0 fully saturated rings. The molecule has 2 aromatic heterocycles. The van der Waals surface area contributed by atoms with E-state index >= 15 is 0 Å². The molecule has 0 unspecified atom stereocenters. The smallest absolute Gasteiger partial charge is 0.158 e. The molecule has 0 aliphatic carbocycles. The molecule has 0 aliphatic rings. The summed E-state index contributed by atoms with van der Waals surface area (Å²) in [6, 6.07) is 0. The minimum atomic E-state index is 0.770. The molecule has 2 heterocycles. The number of aromatic nitrogens is 5. The largest absolute Gasteiger partial charge is 0.250 e. The normalized spacial score (nSPS) is 11.2. The minimum absolute atomic E-state index is 0.770. The quantitative estimate of drug-likeness (QED) is 0.814. The highest BCUT2D eigenvalue weighted by atomic mass is 79.9. The van der Waals surface area contributed by atoms with Crippen LogP contribution in [0.4, 0.5) is 0 Å². The zero-order valence-corrected chi connectivity index (χ0v) is 12.8. The molecule has 18 heavy (non-hydrogen) atoms. The second kappa shape index (κ2) is 5.22. The van der Waals surface area contributed by atoms with Crippen molar-refractivity contribution in [3.05, 3.63) is 22.9 Å². The van der Waals surface area contributed by atoms with E-state index in [0.717, 1.165) is 41.3 Å². The van der Waals surface area contributed by atoms with E-state index in [2.05, 4.69) is 45.0 Å². The first-order valence-corrected chi connectivity index (χ1v) is 7.28. The number of aryl methyl sites for hydroxylation is 4. The van der Waals surface area contributed by atoms with Gasteiger partial charge in [0.15, 0.2) is 11.6 Å². The molecule has 0 N–H and O–H groups in total. The van der Waals surface area contributed by atoms with Crippen LogP contribution in [0.5, 0.6) is 0 Å². The maximum atomic E-state index is 4.58. The van der Waals surface area contributed by atoms with Crippen LogP contribution in [0.1, 0.15) is 36.8 Å². The molecule has 0 atom stereocenters. The molecule has 0 bridgehead atoms. The fourth-order valence-electron chi connectivity index (χ4n) is 2.05. The van der Waals surface area contributed by atoms with Crippen LogP contribution in [0.15, 0.2) is 0 Å². The third-order valence-corrected chi connectivity index (χ3v) is 3.56. The van der Waals surface area contributed by atoms with Crippen molar-refractivity contribution in [1.29, 1.82) is 0 Å². The first kappa shape index (κ1) is 13.3. The van der Waals surface area contributed by atoms with E-state index in [4.69, 9.17) is 0 Å². The standard InChI is InChI=1S/C12H18BrN5/c1-5-10-14-11(6-2)18(16-10)12-9(7-13)8(3)15-17(12)4/h5-7H2,1-4H3. The molecule has 0 aliphatic heterocycles. The predicted octanol–water partition coefficient (Wildman–Crippen LogP) is 2.33. The van der Waals surface area contributed by atoms with E-state index in [9.17, 15) is 0 Å². The summed E-state index contributed by atoms with van der Waals surface area (Å²) in [5, 5.41) is 9.81. The Bertz CT molecular complexity index is 555. The average molecular weight is 312 g/mol. The Morgan fingerprint density at radius 3 is 2.44 bits per heavy atom. The van der Waals surface area contributed by atoms with E-state index < -0.39 is 0 Å². The van der Waals surface area contributed by atoms with Crippen LogP contribution < -0.4 is 0 Å². The third kappa shape index (κ3) is 2.09. The van der Waals surface area contributed by atoms with Crippen molar-refractivity contribution in [3.63, 3.8) is 0 Å². The number of halogens is 1. The topological polar surface area (TPSA) is 48.5 Å². The van der Waals surface area contributed by atoms with Gasteiger partial charge in [-0.3, -0.25) is 4.68 Å². The Kier molecular flexibility index (Phi) is 3.85. The lowest BCUT2D eigenvalue weighted by Crippen LogP contribution is -2.09. The van der Waals surface area contributed by atoms with Gasteiger partial charge in [-0.2, -0.15) is 9.78 Å². The molecular weight excluding hydrogens is 294 g/mol. The third-order valence-electron chi connectivity index (χ3n) is 3.00. The Morgan fingerprint density at radius 2 is 1.89 bits per heavy atom. The highest BCUT2D eigenvalue weighted by Gasteiger charge is 2.18. The van der Waals surface area contributed by atoms with Gasteiger partial charge in [-0.05, 0) is 6.92 Å². The summed E-state index contributed by atoms with van der Waals surface area (Å²) in [6.07, 6.45) is 1.71. The van der Waals surface area contributed by atoms with Gasteiger partial charge in [0.05, 0.1) is 5.69 Å². The van der Waals surface area contributed by atoms with Gasteiger partial charge in [0.1, 0.15) is 5.82 Å². The number of nitrogens with zero attached hydrogens (tertiary/aromatic N) is 5. The molecule has 0 saturated carbocycles. The Balaban J connectivity index is 2.64. The maximum absolute atomic E-state index is 4.58. The molecule has 5 nitrogen and oxygen atoms in total. The van der Waals surface area contributed by atoms with Crippen LogP contribution in [-0.4, -0.2) is 24.5 Å². The van der Waals surface area contributed by atoms with E-state index in [0.29, 0.717) is 0 Å². The number of alkyl halides is 1. The van der Waals surface area contributed by atoms with Crippen molar-refractivity contribution >= 4 is 15.9 Å². The van der Waals surface area contributed by atoms with Crippen molar-refractivity contribution in [1.82, 2.24) is 24.5 Å². The van der Waals surface area contributed by atoms with Crippen molar-refractivity contribution in [2.45, 2.75) is 38.9 Å². The van der Waals surface area contributed by atoms with Crippen LogP contribution in [0.2, 0.25) is 0 Å². The molecule has 0 amide bonds. The lowest BCUT2D eigenvalue weighted by atomic mass is 10.3. The molecule has 0 aromatic carbocycles. The van der Waals surface area contributed by atoms with E-state index in [1.807, 2.05) is 23.3 Å². The molecule has 0 radical (unpaired) electrons. The SMILES string of the molecule is CCc1nc(CC)n(-c2c(CBr)c(C)nn2C)n1. The molecule has 2 aromatic rings. The monoisotopic (exact) mass is 311 g/mol. The molecule has 98 valence electrons. The van der Waals surface area contributed by atoms with E-state index in [1.165, 1.54) is 5.56 Å². The van der Waals surface area contributed by atoms with Gasteiger partial charge in [0.25, 0.3) is 0 Å². The number of rotatable bonds is 4. The van der Waals surface area contributed by atoms with Gasteiger partial charge in [0, 0.05) is 30.8 Å². The first-order valence-electron chi connectivity index (χ1n) is 6.15. The second-order valence-electron chi connectivity index (χ2n) is 4.21. The summed E-state index contributed by atoms with van der Waals surface area (Å²) in [4.78, 5) is 4.54. The van der Waals surface area contributed by atoms with E-state index in [-0.39, 0.29) is 0 Å². The van der Waals surface area contributed by atoms with Gasteiger partial charge in [-0.25, -0.2) is 4.98 Å². The zero-order valence-electron chi connectivity index (χ0n) is 11.2. The van der Waals surface area contributed by atoms with Gasteiger partial charge in [0.2, 0.25) is 0 Å². The van der Waals surface area contributed by atoms with Crippen LogP contribution in [0.25, 0.3) is 5.82 Å². The molecule has 2 rings (SSSR count). The molecule has 0 saturated heterocycles. The van der Waals surface area contributed by atoms with Gasteiger partial charge in [-0.1, -0.05) is 29.8 Å². The average Bonchev–Trinajstić information content (AvgIpc) is 2.88. The molecule has 6 heteroatoms. The fourth-order valence-corrected chi connectivity index (χ4v) is 2.71. The zero-order chi connectivity index (χ0) is 13.3. The Hall–Kier alpha value is -1.17. The molecular formula is C12H18BrN5. The minimum Gasteiger partial charge on any atom is -0.250 e. The predicted molar refractivity (Wildman–Crippen MR) is 74.2 cm³/mol. The van der Waals surface area contributed by atoms with Crippen molar-refractivity contribution in [2.24, 2.45) is 7.05 Å². The van der Waals surface area contributed by atoms with Crippen molar-refractivity contribution < 1.29 is 0 Å². The van der Waals surface area contributed by atoms with Crippen molar-refractivity contribution in [3.8, 4) is 5.82 Å². The molecule has 0 spiro atoms. The highest BCUT2D eigenvalue weighted by molar-refractivity contribution is 9.08. The Labute approximate surface area is 115 Å². The van der Waals surface area contributed by atoms with Crippen molar-refractivity contribution in [2.75, 3.05) is 0 Å². The van der Waals surface area contributed by atoms with Crippen LogP contribution in [-0.2, 0) is 25.2 Å². The second-order valence-corrected chi connectivity index (χ2v) is 4.77. The summed E-state index contributed by atoms with van der Waals surface area (Å²) in [7, 11) is 1.95. The lowest BCUT2D eigenvalue weighted by molar-refractivity contribution is 0.669.